The van der Waals surface area contributed by atoms with Gasteiger partial charge in [0.1, 0.15) is 5.75 Å². The number of nitrogens with one attached hydrogen (secondary N) is 1. The summed E-state index contributed by atoms with van der Waals surface area (Å²) in [6.07, 6.45) is 2.44. The van der Waals surface area contributed by atoms with E-state index in [2.05, 4.69) is 22.0 Å². The standard InChI is InChI=1S/C23H36N4O3/c1-2-25-15-17-26(18-16-25)12-6-11-24-23(29)20-9-13-27(14-10-20)22(28)19-30-21-7-4-3-5-8-21/h3-5,7-8,20H,2,6,9-19H2,1H3,(H,24,29). The number of hydrogen-bond acceptors (Lipinski definition) is 5. The number of benzene rings is 1. The van der Waals surface area contributed by atoms with Gasteiger partial charge < -0.3 is 24.8 Å². The molecule has 2 saturated heterocycles. The summed E-state index contributed by atoms with van der Waals surface area (Å²) in [5, 5.41) is 3.10. The number of piperidine rings is 1. The zero-order valence-corrected chi connectivity index (χ0v) is 18.2. The number of rotatable bonds is 9. The SMILES string of the molecule is CCN1CCN(CCCNC(=O)C2CCN(C(=O)COc3ccccc3)CC2)CC1. The first-order valence-electron chi connectivity index (χ1n) is 11.3. The smallest absolute Gasteiger partial charge is 0.260 e. The molecule has 7 heteroatoms. The van der Waals surface area contributed by atoms with Gasteiger partial charge in [0.25, 0.3) is 5.91 Å². The van der Waals surface area contributed by atoms with Crippen LogP contribution in [0.1, 0.15) is 26.2 Å². The molecule has 0 atom stereocenters. The summed E-state index contributed by atoms with van der Waals surface area (Å²) < 4.78 is 5.55. The van der Waals surface area contributed by atoms with Crippen molar-refractivity contribution >= 4 is 11.8 Å². The molecule has 2 fully saturated rings. The Labute approximate surface area is 180 Å². The van der Waals surface area contributed by atoms with Crippen molar-refractivity contribution in [2.24, 2.45) is 5.92 Å². The molecule has 166 valence electrons. The molecule has 0 saturated carbocycles. The fraction of sp³-hybridized carbons (Fsp3) is 0.652. The summed E-state index contributed by atoms with van der Waals surface area (Å²) in [6, 6.07) is 9.37. The Balaban J connectivity index is 1.26. The molecule has 1 aromatic carbocycles. The average molecular weight is 417 g/mol. The fourth-order valence-electron chi connectivity index (χ4n) is 4.13. The molecule has 2 aliphatic rings. The van der Waals surface area contributed by atoms with Gasteiger partial charge in [-0.05, 0) is 44.5 Å². The third kappa shape index (κ3) is 6.99. The van der Waals surface area contributed by atoms with E-state index >= 15 is 0 Å². The first-order chi connectivity index (χ1) is 14.7. The van der Waals surface area contributed by atoms with Crippen LogP contribution in [-0.4, -0.2) is 92.0 Å². The second-order valence-corrected chi connectivity index (χ2v) is 8.18. The van der Waals surface area contributed by atoms with Crippen molar-refractivity contribution in [3.63, 3.8) is 0 Å². The van der Waals surface area contributed by atoms with Gasteiger partial charge in [-0.1, -0.05) is 25.1 Å². The van der Waals surface area contributed by atoms with Crippen molar-refractivity contribution in [2.75, 3.05) is 65.5 Å². The lowest BCUT2D eigenvalue weighted by Gasteiger charge is -2.34. The maximum Gasteiger partial charge on any atom is 0.260 e. The molecule has 0 aliphatic carbocycles. The molecule has 1 N–H and O–H groups in total. The van der Waals surface area contributed by atoms with Crippen molar-refractivity contribution in [3.05, 3.63) is 30.3 Å². The molecule has 2 aliphatic heterocycles. The van der Waals surface area contributed by atoms with Crippen LogP contribution >= 0.6 is 0 Å². The number of amides is 2. The van der Waals surface area contributed by atoms with E-state index in [0.29, 0.717) is 18.8 Å². The topological polar surface area (TPSA) is 65.1 Å². The van der Waals surface area contributed by atoms with E-state index < -0.39 is 0 Å². The Bertz CT molecular complexity index is 654. The first kappa shape index (κ1) is 22.6. The van der Waals surface area contributed by atoms with Crippen molar-refractivity contribution in [3.8, 4) is 5.75 Å². The minimum absolute atomic E-state index is 0.0113. The van der Waals surface area contributed by atoms with Gasteiger partial charge in [-0.15, -0.1) is 0 Å². The minimum atomic E-state index is -0.0131. The Morgan fingerprint density at radius 1 is 1.00 bits per heavy atom. The van der Waals surface area contributed by atoms with Gasteiger partial charge in [0.05, 0.1) is 0 Å². The third-order valence-electron chi connectivity index (χ3n) is 6.19. The van der Waals surface area contributed by atoms with Crippen molar-refractivity contribution < 1.29 is 14.3 Å². The Kier molecular flexibility index (Phi) is 8.96. The Hall–Kier alpha value is -2.12. The molecule has 2 amide bonds. The maximum absolute atomic E-state index is 12.5. The van der Waals surface area contributed by atoms with Crippen LogP contribution in [-0.2, 0) is 9.59 Å². The van der Waals surface area contributed by atoms with E-state index in [1.54, 1.807) is 0 Å². The van der Waals surface area contributed by atoms with Crippen LogP contribution in [0.15, 0.2) is 30.3 Å². The average Bonchev–Trinajstić information content (AvgIpc) is 2.81. The molecule has 0 spiro atoms. The highest BCUT2D eigenvalue weighted by Gasteiger charge is 2.27. The zero-order valence-electron chi connectivity index (χ0n) is 18.2. The van der Waals surface area contributed by atoms with Gasteiger partial charge in [0.15, 0.2) is 6.61 Å². The molecule has 0 bridgehead atoms. The highest BCUT2D eigenvalue weighted by Crippen LogP contribution is 2.18. The van der Waals surface area contributed by atoms with E-state index in [0.717, 1.165) is 65.1 Å². The molecule has 0 unspecified atom stereocenters. The third-order valence-corrected chi connectivity index (χ3v) is 6.19. The normalized spacial score (nSPS) is 18.9. The van der Waals surface area contributed by atoms with Crippen LogP contribution in [0.5, 0.6) is 5.75 Å². The molecule has 2 heterocycles. The molecule has 0 aromatic heterocycles. The van der Waals surface area contributed by atoms with E-state index in [1.807, 2.05) is 35.2 Å². The Morgan fingerprint density at radius 3 is 2.33 bits per heavy atom. The van der Waals surface area contributed by atoms with E-state index in [9.17, 15) is 9.59 Å². The lowest BCUT2D eigenvalue weighted by atomic mass is 9.96. The monoisotopic (exact) mass is 416 g/mol. The summed E-state index contributed by atoms with van der Waals surface area (Å²) in [6.45, 7) is 11.0. The van der Waals surface area contributed by atoms with Gasteiger partial charge in [-0.3, -0.25) is 9.59 Å². The molecule has 1 aromatic rings. The number of carbonyl (C=O) groups is 2. The summed E-state index contributed by atoms with van der Waals surface area (Å²) in [7, 11) is 0. The number of hydrogen-bond donors (Lipinski definition) is 1. The molecule has 3 rings (SSSR count). The second kappa shape index (κ2) is 11.9. The number of nitrogens with zero attached hydrogens (tertiary/aromatic N) is 3. The van der Waals surface area contributed by atoms with Crippen LogP contribution in [0.3, 0.4) is 0 Å². The molecule has 30 heavy (non-hydrogen) atoms. The zero-order chi connectivity index (χ0) is 21.2. The lowest BCUT2D eigenvalue weighted by molar-refractivity contribution is -0.137. The predicted molar refractivity (Wildman–Crippen MR) is 117 cm³/mol. The maximum atomic E-state index is 12.5. The second-order valence-electron chi connectivity index (χ2n) is 8.18. The number of carbonyl (C=O) groups excluding carboxylic acids is 2. The van der Waals surface area contributed by atoms with Gasteiger partial charge in [-0.2, -0.15) is 0 Å². The highest BCUT2D eigenvalue weighted by atomic mass is 16.5. The number of likely N-dealkylation sites (tertiary alicyclic amines) is 1. The van der Waals surface area contributed by atoms with Crippen molar-refractivity contribution in [1.82, 2.24) is 20.0 Å². The lowest BCUT2D eigenvalue weighted by Crippen LogP contribution is -2.47. The van der Waals surface area contributed by atoms with Crippen molar-refractivity contribution in [1.29, 1.82) is 0 Å². The number of ether oxygens (including phenoxy) is 1. The molecule has 7 nitrogen and oxygen atoms in total. The van der Waals surface area contributed by atoms with Gasteiger partial charge in [-0.25, -0.2) is 0 Å². The Morgan fingerprint density at radius 2 is 1.67 bits per heavy atom. The largest absolute Gasteiger partial charge is 0.484 e. The molecule has 0 radical (unpaired) electrons. The summed E-state index contributed by atoms with van der Waals surface area (Å²) >= 11 is 0. The highest BCUT2D eigenvalue weighted by molar-refractivity contribution is 5.80. The van der Waals surface area contributed by atoms with E-state index in [-0.39, 0.29) is 24.3 Å². The number of likely N-dealkylation sites (N-methyl/N-ethyl adjacent to an activating group) is 1. The number of piperazine rings is 1. The fourth-order valence-corrected chi connectivity index (χ4v) is 4.13. The summed E-state index contributed by atoms with van der Waals surface area (Å²) in [5.74, 6) is 0.837. The van der Waals surface area contributed by atoms with Gasteiger partial charge >= 0.3 is 0 Å². The van der Waals surface area contributed by atoms with Gasteiger partial charge in [0.2, 0.25) is 5.91 Å². The minimum Gasteiger partial charge on any atom is -0.484 e. The van der Waals surface area contributed by atoms with E-state index in [4.69, 9.17) is 4.74 Å². The summed E-state index contributed by atoms with van der Waals surface area (Å²) in [4.78, 5) is 31.6. The number of para-hydroxylation sites is 1. The first-order valence-corrected chi connectivity index (χ1v) is 11.3. The van der Waals surface area contributed by atoms with Crippen LogP contribution in [0.25, 0.3) is 0 Å². The van der Waals surface area contributed by atoms with Crippen LogP contribution < -0.4 is 10.1 Å². The van der Waals surface area contributed by atoms with Crippen LogP contribution in [0, 0.1) is 5.92 Å². The predicted octanol–water partition coefficient (Wildman–Crippen LogP) is 1.45. The van der Waals surface area contributed by atoms with Gasteiger partial charge in [0, 0.05) is 51.7 Å². The van der Waals surface area contributed by atoms with E-state index in [1.165, 1.54) is 0 Å². The molecular formula is C23H36N4O3. The van der Waals surface area contributed by atoms with Crippen molar-refractivity contribution in [2.45, 2.75) is 26.2 Å². The quantitative estimate of drug-likeness (QED) is 0.618. The van der Waals surface area contributed by atoms with Crippen LogP contribution in [0.4, 0.5) is 0 Å². The summed E-state index contributed by atoms with van der Waals surface area (Å²) in [5.41, 5.74) is 0. The van der Waals surface area contributed by atoms with Crippen LogP contribution in [0.2, 0.25) is 0 Å². The molecular weight excluding hydrogens is 380 g/mol.